The SMILES string of the molecule is Cn1c(CC(=O)O)ccc1C(=O)c1cccc(-c2ccc(Br)s2)c1. The Morgan fingerprint density at radius 2 is 1.96 bits per heavy atom. The molecule has 0 radical (unpaired) electrons. The van der Waals surface area contributed by atoms with Crippen LogP contribution in [0, 0.1) is 0 Å². The van der Waals surface area contributed by atoms with E-state index in [-0.39, 0.29) is 12.2 Å². The lowest BCUT2D eigenvalue weighted by atomic mass is 10.0. The molecule has 3 rings (SSSR count). The van der Waals surface area contributed by atoms with Crippen LogP contribution in [0.2, 0.25) is 0 Å². The fraction of sp³-hybridized carbons (Fsp3) is 0.111. The van der Waals surface area contributed by atoms with Crippen molar-refractivity contribution in [1.82, 2.24) is 4.57 Å². The van der Waals surface area contributed by atoms with Crippen LogP contribution in [-0.2, 0) is 18.3 Å². The first kappa shape index (κ1) is 16.7. The Hall–Kier alpha value is -2.18. The number of aromatic nitrogens is 1. The molecule has 0 aliphatic heterocycles. The first-order valence-corrected chi connectivity index (χ1v) is 8.83. The number of benzene rings is 1. The third kappa shape index (κ3) is 3.34. The van der Waals surface area contributed by atoms with E-state index in [9.17, 15) is 9.59 Å². The number of nitrogens with zero attached hydrogens (tertiary/aromatic N) is 1. The van der Waals surface area contributed by atoms with E-state index in [1.54, 1.807) is 41.2 Å². The van der Waals surface area contributed by atoms with Gasteiger partial charge in [-0.2, -0.15) is 0 Å². The summed E-state index contributed by atoms with van der Waals surface area (Å²) in [5, 5.41) is 8.92. The number of thiophene rings is 1. The Kier molecular flexibility index (Phi) is 4.69. The van der Waals surface area contributed by atoms with E-state index >= 15 is 0 Å². The number of carbonyl (C=O) groups is 2. The molecular formula is C18H14BrNO3S. The number of hydrogen-bond acceptors (Lipinski definition) is 3. The summed E-state index contributed by atoms with van der Waals surface area (Å²) < 4.78 is 2.68. The molecule has 24 heavy (non-hydrogen) atoms. The fourth-order valence-corrected chi connectivity index (χ4v) is 3.93. The lowest BCUT2D eigenvalue weighted by Gasteiger charge is -2.07. The Morgan fingerprint density at radius 1 is 1.17 bits per heavy atom. The summed E-state index contributed by atoms with van der Waals surface area (Å²) in [5.41, 5.74) is 2.65. The molecule has 122 valence electrons. The number of aliphatic carboxylic acids is 1. The van der Waals surface area contributed by atoms with Gasteiger partial charge < -0.3 is 9.67 Å². The van der Waals surface area contributed by atoms with Crippen molar-refractivity contribution in [1.29, 1.82) is 0 Å². The third-order valence-electron chi connectivity index (χ3n) is 3.77. The van der Waals surface area contributed by atoms with E-state index in [1.165, 1.54) is 0 Å². The summed E-state index contributed by atoms with van der Waals surface area (Å²) >= 11 is 5.05. The molecular weight excluding hydrogens is 390 g/mol. The van der Waals surface area contributed by atoms with Crippen LogP contribution in [0.1, 0.15) is 21.7 Å². The Bertz CT molecular complexity index is 926. The van der Waals surface area contributed by atoms with E-state index in [2.05, 4.69) is 15.9 Å². The van der Waals surface area contributed by atoms with Gasteiger partial charge in [-0.05, 0) is 51.8 Å². The van der Waals surface area contributed by atoms with Crippen LogP contribution >= 0.6 is 27.3 Å². The third-order valence-corrected chi connectivity index (χ3v) is 5.45. The van der Waals surface area contributed by atoms with E-state index < -0.39 is 5.97 Å². The number of ketones is 1. The lowest BCUT2D eigenvalue weighted by Crippen LogP contribution is -2.11. The molecule has 0 saturated heterocycles. The Labute approximate surface area is 151 Å². The summed E-state index contributed by atoms with van der Waals surface area (Å²) in [5.74, 6) is -1.04. The number of carboxylic acid groups (broad SMARTS) is 1. The first-order chi connectivity index (χ1) is 11.5. The summed E-state index contributed by atoms with van der Waals surface area (Å²) in [6.45, 7) is 0. The van der Waals surface area contributed by atoms with Crippen molar-refractivity contribution in [3.05, 3.63) is 69.3 Å². The highest BCUT2D eigenvalue weighted by Gasteiger charge is 2.16. The van der Waals surface area contributed by atoms with Crippen molar-refractivity contribution in [2.45, 2.75) is 6.42 Å². The Morgan fingerprint density at radius 3 is 2.62 bits per heavy atom. The topological polar surface area (TPSA) is 59.3 Å². The summed E-state index contributed by atoms with van der Waals surface area (Å²) in [6.07, 6.45) is -0.104. The smallest absolute Gasteiger partial charge is 0.309 e. The predicted molar refractivity (Wildman–Crippen MR) is 97.6 cm³/mol. The highest BCUT2D eigenvalue weighted by Crippen LogP contribution is 2.32. The molecule has 3 aromatic rings. The molecule has 0 spiro atoms. The standard InChI is InChI=1S/C18H14BrNO3S/c1-20-13(10-17(21)22)5-6-14(20)18(23)12-4-2-3-11(9-12)15-7-8-16(19)24-15/h2-9H,10H2,1H3,(H,21,22). The minimum absolute atomic E-state index is 0.104. The van der Waals surface area contributed by atoms with E-state index in [0.29, 0.717) is 17.0 Å². The normalized spacial score (nSPS) is 10.8. The molecule has 4 nitrogen and oxygen atoms in total. The van der Waals surface area contributed by atoms with Crippen LogP contribution in [-0.4, -0.2) is 21.4 Å². The number of carbonyl (C=O) groups excluding carboxylic acids is 1. The van der Waals surface area contributed by atoms with Crippen molar-refractivity contribution in [3.63, 3.8) is 0 Å². The van der Waals surface area contributed by atoms with Gasteiger partial charge >= 0.3 is 5.97 Å². The lowest BCUT2D eigenvalue weighted by molar-refractivity contribution is -0.136. The predicted octanol–water partition coefficient (Wildman–Crippen LogP) is 4.37. The van der Waals surface area contributed by atoms with E-state index in [4.69, 9.17) is 5.11 Å². The molecule has 0 saturated carbocycles. The highest BCUT2D eigenvalue weighted by molar-refractivity contribution is 9.11. The van der Waals surface area contributed by atoms with Crippen molar-refractivity contribution < 1.29 is 14.7 Å². The van der Waals surface area contributed by atoms with Gasteiger partial charge in [-0.25, -0.2) is 0 Å². The largest absolute Gasteiger partial charge is 0.481 e. The highest BCUT2D eigenvalue weighted by atomic mass is 79.9. The molecule has 0 fully saturated rings. The number of hydrogen-bond donors (Lipinski definition) is 1. The summed E-state index contributed by atoms with van der Waals surface area (Å²) in [4.78, 5) is 24.7. The second-order valence-corrected chi connectivity index (χ2v) is 7.82. The quantitative estimate of drug-likeness (QED) is 0.643. The van der Waals surface area contributed by atoms with Crippen LogP contribution in [0.15, 0.2) is 52.3 Å². The second-order valence-electron chi connectivity index (χ2n) is 5.35. The zero-order valence-electron chi connectivity index (χ0n) is 12.8. The molecule has 0 atom stereocenters. The number of rotatable bonds is 5. The van der Waals surface area contributed by atoms with Crippen LogP contribution in [0.5, 0.6) is 0 Å². The Balaban J connectivity index is 1.93. The summed E-state index contributed by atoms with van der Waals surface area (Å²) in [7, 11) is 1.71. The maximum absolute atomic E-state index is 12.8. The van der Waals surface area contributed by atoms with Gasteiger partial charge in [0.05, 0.1) is 15.9 Å². The van der Waals surface area contributed by atoms with Crippen LogP contribution in [0.25, 0.3) is 10.4 Å². The first-order valence-electron chi connectivity index (χ1n) is 7.22. The zero-order valence-corrected chi connectivity index (χ0v) is 15.2. The van der Waals surface area contributed by atoms with Crippen LogP contribution in [0.3, 0.4) is 0 Å². The molecule has 1 N–H and O–H groups in total. The van der Waals surface area contributed by atoms with Crippen molar-refractivity contribution in [2.75, 3.05) is 0 Å². The molecule has 1 aromatic carbocycles. The molecule has 0 bridgehead atoms. The van der Waals surface area contributed by atoms with Crippen molar-refractivity contribution >= 4 is 39.0 Å². The van der Waals surface area contributed by atoms with Gasteiger partial charge in [0.25, 0.3) is 0 Å². The van der Waals surface area contributed by atoms with Gasteiger partial charge in [0, 0.05) is 23.2 Å². The van der Waals surface area contributed by atoms with Crippen molar-refractivity contribution in [2.24, 2.45) is 7.05 Å². The second kappa shape index (κ2) is 6.75. The molecule has 0 amide bonds. The molecule has 2 heterocycles. The van der Waals surface area contributed by atoms with Gasteiger partial charge in [-0.15, -0.1) is 11.3 Å². The van der Waals surface area contributed by atoms with E-state index in [1.807, 2.05) is 30.3 Å². The molecule has 2 aromatic heterocycles. The van der Waals surface area contributed by atoms with Crippen LogP contribution < -0.4 is 0 Å². The van der Waals surface area contributed by atoms with Gasteiger partial charge in [-0.3, -0.25) is 9.59 Å². The van der Waals surface area contributed by atoms with Gasteiger partial charge in [0.2, 0.25) is 5.78 Å². The average molecular weight is 404 g/mol. The molecule has 0 aliphatic rings. The number of halogens is 1. The number of carboxylic acids is 1. The molecule has 0 aliphatic carbocycles. The maximum Gasteiger partial charge on any atom is 0.309 e. The minimum Gasteiger partial charge on any atom is -0.481 e. The molecule has 6 heteroatoms. The zero-order chi connectivity index (χ0) is 17.3. The fourth-order valence-electron chi connectivity index (χ4n) is 2.54. The van der Waals surface area contributed by atoms with Gasteiger partial charge in [0.15, 0.2) is 0 Å². The monoisotopic (exact) mass is 403 g/mol. The van der Waals surface area contributed by atoms with E-state index in [0.717, 1.165) is 14.2 Å². The van der Waals surface area contributed by atoms with Crippen LogP contribution in [0.4, 0.5) is 0 Å². The van der Waals surface area contributed by atoms with Gasteiger partial charge in [0.1, 0.15) is 0 Å². The van der Waals surface area contributed by atoms with Gasteiger partial charge in [-0.1, -0.05) is 18.2 Å². The maximum atomic E-state index is 12.8. The summed E-state index contributed by atoms with van der Waals surface area (Å²) in [6, 6.07) is 14.8. The average Bonchev–Trinajstić information content (AvgIpc) is 3.13. The van der Waals surface area contributed by atoms with Crippen molar-refractivity contribution in [3.8, 4) is 10.4 Å². The molecule has 0 unspecified atom stereocenters. The minimum atomic E-state index is -0.916.